The van der Waals surface area contributed by atoms with Crippen molar-refractivity contribution in [2.75, 3.05) is 6.54 Å². The number of carbonyl (C=O) groups excluding carboxylic acids is 2. The van der Waals surface area contributed by atoms with Gasteiger partial charge in [0.05, 0.1) is 6.07 Å². The maximum atomic E-state index is 12.5. The largest absolute Gasteiger partial charge is 0.361 e. The van der Waals surface area contributed by atoms with Gasteiger partial charge in [-0.15, -0.1) is 0 Å². The number of benzene rings is 2. The highest BCUT2D eigenvalue weighted by Gasteiger charge is 2.22. The average molecular weight is 389 g/mol. The van der Waals surface area contributed by atoms with E-state index in [0.29, 0.717) is 13.0 Å². The van der Waals surface area contributed by atoms with E-state index in [4.69, 9.17) is 5.26 Å². The topological polar surface area (TPSA) is 110 Å². The van der Waals surface area contributed by atoms with Crippen LogP contribution in [0.15, 0.2) is 54.7 Å². The molecule has 0 aliphatic heterocycles. The van der Waals surface area contributed by atoms with E-state index in [0.717, 1.165) is 27.6 Å². The fourth-order valence-electron chi connectivity index (χ4n) is 3.17. The zero-order valence-electron chi connectivity index (χ0n) is 16.2. The van der Waals surface area contributed by atoms with Crippen molar-refractivity contribution in [2.45, 2.75) is 25.9 Å². The second-order valence-electron chi connectivity index (χ2n) is 6.75. The van der Waals surface area contributed by atoms with Crippen molar-refractivity contribution in [3.05, 3.63) is 71.4 Å². The number of aryl methyl sites for hydroxylation is 1. The lowest BCUT2D eigenvalue weighted by Crippen LogP contribution is -2.51. The molecule has 0 bridgehead atoms. The molecule has 1 atom stereocenters. The third-order valence-electron chi connectivity index (χ3n) is 4.76. The summed E-state index contributed by atoms with van der Waals surface area (Å²) in [4.78, 5) is 28.1. The number of rotatable bonds is 7. The van der Waals surface area contributed by atoms with Gasteiger partial charge in [0.25, 0.3) is 0 Å². The zero-order chi connectivity index (χ0) is 20.6. The molecule has 7 nitrogen and oxygen atoms in total. The first-order chi connectivity index (χ1) is 14.1. The van der Waals surface area contributed by atoms with Crippen LogP contribution in [0.3, 0.4) is 0 Å². The van der Waals surface area contributed by atoms with Crippen LogP contribution in [0.5, 0.6) is 0 Å². The van der Waals surface area contributed by atoms with E-state index >= 15 is 0 Å². The predicted molar refractivity (Wildman–Crippen MR) is 111 cm³/mol. The number of hydrogen-bond acceptors (Lipinski definition) is 3. The molecule has 1 heterocycles. The molecule has 0 fully saturated rings. The molecule has 148 valence electrons. The molecule has 3 aromatic rings. The van der Waals surface area contributed by atoms with Crippen molar-refractivity contribution in [3.63, 3.8) is 0 Å². The lowest BCUT2D eigenvalue weighted by Gasteiger charge is -2.18. The van der Waals surface area contributed by atoms with E-state index < -0.39 is 18.0 Å². The minimum atomic E-state index is -0.806. The van der Waals surface area contributed by atoms with Crippen molar-refractivity contribution in [2.24, 2.45) is 0 Å². The number of aromatic amines is 1. The first kappa shape index (κ1) is 20.0. The normalized spacial score (nSPS) is 11.4. The molecule has 3 rings (SSSR count). The van der Waals surface area contributed by atoms with Gasteiger partial charge in [0.2, 0.25) is 5.91 Å². The summed E-state index contributed by atoms with van der Waals surface area (Å²) >= 11 is 0. The Hall–Kier alpha value is -3.79. The lowest BCUT2D eigenvalue weighted by molar-refractivity contribution is -0.122. The van der Waals surface area contributed by atoms with Gasteiger partial charge in [0, 0.05) is 30.1 Å². The number of amides is 3. The SMILES string of the molecule is Cc1ccccc1CNC(=O)NC(Cc1c[nH]c2ccccc12)C(=O)NCC#N. The van der Waals surface area contributed by atoms with Crippen LogP contribution in [0.1, 0.15) is 16.7 Å². The van der Waals surface area contributed by atoms with Crippen molar-refractivity contribution in [3.8, 4) is 6.07 Å². The number of nitriles is 1. The van der Waals surface area contributed by atoms with Crippen LogP contribution in [-0.4, -0.2) is 29.5 Å². The Morgan fingerprint density at radius 3 is 2.62 bits per heavy atom. The second kappa shape index (κ2) is 9.42. The Kier molecular flexibility index (Phi) is 6.48. The predicted octanol–water partition coefficient (Wildman–Crippen LogP) is 2.53. The van der Waals surface area contributed by atoms with Gasteiger partial charge in [0.1, 0.15) is 12.6 Å². The van der Waals surface area contributed by atoms with Crippen LogP contribution < -0.4 is 16.0 Å². The van der Waals surface area contributed by atoms with E-state index in [1.165, 1.54) is 0 Å². The zero-order valence-corrected chi connectivity index (χ0v) is 16.2. The van der Waals surface area contributed by atoms with Gasteiger partial charge in [-0.1, -0.05) is 42.5 Å². The highest BCUT2D eigenvalue weighted by Crippen LogP contribution is 2.19. The Morgan fingerprint density at radius 1 is 1.07 bits per heavy atom. The number of aromatic nitrogens is 1. The van der Waals surface area contributed by atoms with Crippen molar-refractivity contribution in [1.29, 1.82) is 5.26 Å². The van der Waals surface area contributed by atoms with Gasteiger partial charge < -0.3 is 20.9 Å². The number of urea groups is 1. The summed E-state index contributed by atoms with van der Waals surface area (Å²) in [6, 6.07) is 16.2. The highest BCUT2D eigenvalue weighted by atomic mass is 16.2. The number of nitrogens with zero attached hydrogens (tertiary/aromatic N) is 1. The van der Waals surface area contributed by atoms with Crippen LogP contribution in [-0.2, 0) is 17.8 Å². The molecule has 0 aliphatic rings. The van der Waals surface area contributed by atoms with Gasteiger partial charge in [-0.2, -0.15) is 5.26 Å². The molecule has 0 saturated carbocycles. The number of nitrogens with one attached hydrogen (secondary N) is 4. The summed E-state index contributed by atoms with van der Waals surface area (Å²) in [6.45, 7) is 2.22. The molecule has 0 saturated heterocycles. The number of H-pyrrole nitrogens is 1. The maximum absolute atomic E-state index is 12.5. The van der Waals surface area contributed by atoms with Gasteiger partial charge >= 0.3 is 6.03 Å². The molecule has 1 aromatic heterocycles. The fourth-order valence-corrected chi connectivity index (χ4v) is 3.17. The third kappa shape index (κ3) is 5.14. The molecular formula is C22H23N5O2. The standard InChI is InChI=1S/C22H23N5O2/c1-15-6-2-3-7-16(15)13-26-22(29)27-20(21(28)24-11-10-23)12-17-14-25-19-9-5-4-8-18(17)19/h2-9,14,20,25H,11-13H2,1H3,(H,24,28)(H2,26,27,29). The Balaban J connectivity index is 1.69. The van der Waals surface area contributed by atoms with E-state index in [2.05, 4.69) is 20.9 Å². The number of carbonyl (C=O) groups is 2. The van der Waals surface area contributed by atoms with Gasteiger partial charge in [-0.3, -0.25) is 4.79 Å². The molecule has 0 spiro atoms. The van der Waals surface area contributed by atoms with Crippen LogP contribution in [0, 0.1) is 18.3 Å². The summed E-state index contributed by atoms with van der Waals surface area (Å²) in [7, 11) is 0. The van der Waals surface area contributed by atoms with E-state index in [-0.39, 0.29) is 6.54 Å². The third-order valence-corrected chi connectivity index (χ3v) is 4.76. The van der Waals surface area contributed by atoms with Crippen molar-refractivity contribution >= 4 is 22.8 Å². The van der Waals surface area contributed by atoms with Crippen LogP contribution in [0.25, 0.3) is 10.9 Å². The average Bonchev–Trinajstić information content (AvgIpc) is 3.14. The Bertz CT molecular complexity index is 1050. The molecule has 0 aliphatic carbocycles. The molecule has 29 heavy (non-hydrogen) atoms. The van der Waals surface area contributed by atoms with Gasteiger partial charge in [-0.25, -0.2) is 4.79 Å². The lowest BCUT2D eigenvalue weighted by atomic mass is 10.0. The Morgan fingerprint density at radius 2 is 1.83 bits per heavy atom. The molecule has 2 aromatic carbocycles. The van der Waals surface area contributed by atoms with E-state index in [9.17, 15) is 9.59 Å². The van der Waals surface area contributed by atoms with Gasteiger partial charge in [-0.05, 0) is 29.7 Å². The number of para-hydroxylation sites is 1. The quantitative estimate of drug-likeness (QED) is 0.466. The summed E-state index contributed by atoms with van der Waals surface area (Å²) < 4.78 is 0. The minimum Gasteiger partial charge on any atom is -0.361 e. The van der Waals surface area contributed by atoms with E-state index in [1.807, 2.05) is 67.7 Å². The molecule has 7 heteroatoms. The smallest absolute Gasteiger partial charge is 0.315 e. The van der Waals surface area contributed by atoms with Crippen molar-refractivity contribution in [1.82, 2.24) is 20.9 Å². The number of fused-ring (bicyclic) bond motifs is 1. The monoisotopic (exact) mass is 389 g/mol. The molecule has 0 radical (unpaired) electrons. The minimum absolute atomic E-state index is 0.115. The Labute approximate surface area is 169 Å². The van der Waals surface area contributed by atoms with Crippen LogP contribution in [0.2, 0.25) is 0 Å². The highest BCUT2D eigenvalue weighted by molar-refractivity contribution is 5.89. The summed E-state index contributed by atoms with van der Waals surface area (Å²) in [5, 5.41) is 17.8. The van der Waals surface area contributed by atoms with Crippen LogP contribution >= 0.6 is 0 Å². The molecule has 1 unspecified atom stereocenters. The van der Waals surface area contributed by atoms with Crippen molar-refractivity contribution < 1.29 is 9.59 Å². The summed E-state index contributed by atoms with van der Waals surface area (Å²) in [5.74, 6) is -0.400. The van der Waals surface area contributed by atoms with Crippen LogP contribution in [0.4, 0.5) is 4.79 Å². The maximum Gasteiger partial charge on any atom is 0.315 e. The molecular weight excluding hydrogens is 366 g/mol. The summed E-state index contributed by atoms with van der Waals surface area (Å²) in [6.07, 6.45) is 2.14. The first-order valence-electron chi connectivity index (χ1n) is 9.37. The fraction of sp³-hybridized carbons (Fsp3) is 0.227. The first-order valence-corrected chi connectivity index (χ1v) is 9.37. The molecule has 3 amide bonds. The summed E-state index contributed by atoms with van der Waals surface area (Å²) in [5.41, 5.74) is 3.96. The van der Waals surface area contributed by atoms with Gasteiger partial charge in [0.15, 0.2) is 0 Å². The van der Waals surface area contributed by atoms with E-state index in [1.54, 1.807) is 0 Å². The molecule has 4 N–H and O–H groups in total. The number of hydrogen-bond donors (Lipinski definition) is 4. The second-order valence-corrected chi connectivity index (χ2v) is 6.75.